The van der Waals surface area contributed by atoms with Crippen LogP contribution in [0.1, 0.15) is 22.8 Å². The quantitative estimate of drug-likeness (QED) is 0.395. The molecular formula is C24H21F3N6O3. The predicted molar refractivity (Wildman–Crippen MR) is 123 cm³/mol. The third-order valence-electron chi connectivity index (χ3n) is 5.31. The first-order chi connectivity index (χ1) is 17.1. The van der Waals surface area contributed by atoms with Gasteiger partial charge in [-0.25, -0.2) is 9.50 Å². The average molecular weight is 498 g/mol. The number of rotatable bonds is 6. The normalized spacial score (nSPS) is 11.4. The molecule has 2 aromatic carbocycles. The number of hydrazine groups is 1. The van der Waals surface area contributed by atoms with E-state index in [1.165, 1.54) is 6.92 Å². The summed E-state index contributed by atoms with van der Waals surface area (Å²) < 4.78 is 45.4. The van der Waals surface area contributed by atoms with Crippen molar-refractivity contribution in [3.05, 3.63) is 77.4 Å². The molecular weight excluding hydrogens is 477 g/mol. The molecule has 2 aromatic heterocycles. The second kappa shape index (κ2) is 10.0. The van der Waals surface area contributed by atoms with E-state index in [0.717, 1.165) is 15.6 Å². The van der Waals surface area contributed by atoms with Gasteiger partial charge in [-0.2, -0.15) is 18.2 Å². The van der Waals surface area contributed by atoms with Gasteiger partial charge in [0.2, 0.25) is 5.91 Å². The molecule has 0 bridgehead atoms. The van der Waals surface area contributed by atoms with E-state index in [0.29, 0.717) is 17.0 Å². The fourth-order valence-electron chi connectivity index (χ4n) is 3.56. The number of alkyl halides is 3. The number of amides is 2. The van der Waals surface area contributed by atoms with Crippen LogP contribution >= 0.6 is 0 Å². The van der Waals surface area contributed by atoms with Gasteiger partial charge in [0, 0.05) is 22.5 Å². The van der Waals surface area contributed by atoms with Crippen LogP contribution in [-0.4, -0.2) is 38.0 Å². The van der Waals surface area contributed by atoms with E-state index in [2.05, 4.69) is 25.9 Å². The van der Waals surface area contributed by atoms with Gasteiger partial charge in [-0.15, -0.1) is 5.10 Å². The van der Waals surface area contributed by atoms with Gasteiger partial charge in [-0.1, -0.05) is 48.5 Å². The zero-order valence-corrected chi connectivity index (χ0v) is 19.3. The van der Waals surface area contributed by atoms with E-state index in [-0.39, 0.29) is 24.5 Å². The number of hydrogen-bond donors (Lipinski definition) is 2. The molecule has 0 radical (unpaired) electrons. The van der Waals surface area contributed by atoms with E-state index in [4.69, 9.17) is 4.74 Å². The van der Waals surface area contributed by atoms with E-state index in [1.54, 1.807) is 19.1 Å². The maximum atomic E-state index is 12.9. The summed E-state index contributed by atoms with van der Waals surface area (Å²) >= 11 is 0. The molecule has 0 saturated carbocycles. The fourth-order valence-corrected chi connectivity index (χ4v) is 3.56. The van der Waals surface area contributed by atoms with Gasteiger partial charge in [0.1, 0.15) is 5.75 Å². The lowest BCUT2D eigenvalue weighted by Crippen LogP contribution is -2.44. The van der Waals surface area contributed by atoms with Crippen molar-refractivity contribution in [1.82, 2.24) is 30.4 Å². The second-order valence-corrected chi connectivity index (χ2v) is 7.83. The molecule has 0 atom stereocenters. The maximum Gasteiger partial charge on any atom is 0.453 e. The highest BCUT2D eigenvalue weighted by molar-refractivity contribution is 5.84. The van der Waals surface area contributed by atoms with Crippen molar-refractivity contribution in [3.63, 3.8) is 0 Å². The highest BCUT2D eigenvalue weighted by atomic mass is 19.4. The van der Waals surface area contributed by atoms with Crippen LogP contribution in [0.15, 0.2) is 54.6 Å². The van der Waals surface area contributed by atoms with Crippen LogP contribution in [-0.2, 0) is 22.2 Å². The number of nitrogens with zero attached hydrogens (tertiary/aromatic N) is 4. The Balaban J connectivity index is 1.36. The molecule has 36 heavy (non-hydrogen) atoms. The monoisotopic (exact) mass is 498 g/mol. The molecule has 0 saturated heterocycles. The first kappa shape index (κ1) is 24.6. The number of aryl methyl sites for hydroxylation is 2. The Labute approximate surface area is 203 Å². The molecule has 4 rings (SSSR count). The van der Waals surface area contributed by atoms with Gasteiger partial charge < -0.3 is 4.74 Å². The molecule has 9 nitrogen and oxygen atoms in total. The summed E-state index contributed by atoms with van der Waals surface area (Å²) in [6, 6.07) is 16.8. The lowest BCUT2D eigenvalue weighted by atomic mass is 10.1. The van der Waals surface area contributed by atoms with Crippen molar-refractivity contribution in [2.75, 3.05) is 6.61 Å². The number of ether oxygens (including phenoxy) is 1. The molecule has 0 fully saturated rings. The van der Waals surface area contributed by atoms with Gasteiger partial charge in [0.15, 0.2) is 6.61 Å². The summed E-state index contributed by atoms with van der Waals surface area (Å²) in [6.07, 6.45) is -4.97. The van der Waals surface area contributed by atoms with Gasteiger partial charge in [-0.05, 0) is 25.5 Å². The van der Waals surface area contributed by atoms with Crippen molar-refractivity contribution in [3.8, 4) is 16.9 Å². The van der Waals surface area contributed by atoms with Crippen LogP contribution < -0.4 is 15.6 Å². The SMILES string of the molecule is Cc1nc2nc(C(F)(F)F)nn2c(C)c1CC(=O)NNC(=O)COc1ccccc1-c1ccccc1. The lowest BCUT2D eigenvalue weighted by molar-refractivity contribution is -0.144. The van der Waals surface area contributed by atoms with Crippen molar-refractivity contribution >= 4 is 17.6 Å². The number of nitrogens with one attached hydrogen (secondary N) is 2. The van der Waals surface area contributed by atoms with Crippen LogP contribution in [0.5, 0.6) is 5.75 Å². The Hall–Kier alpha value is -4.48. The molecule has 0 aliphatic rings. The van der Waals surface area contributed by atoms with Gasteiger partial charge in [-0.3, -0.25) is 20.4 Å². The van der Waals surface area contributed by atoms with Crippen LogP contribution in [0.2, 0.25) is 0 Å². The first-order valence-corrected chi connectivity index (χ1v) is 10.8. The summed E-state index contributed by atoms with van der Waals surface area (Å²) in [5.41, 5.74) is 7.24. The second-order valence-electron chi connectivity index (χ2n) is 7.83. The number of carbonyl (C=O) groups is 2. The van der Waals surface area contributed by atoms with E-state index in [9.17, 15) is 22.8 Å². The lowest BCUT2D eigenvalue weighted by Gasteiger charge is -2.13. The van der Waals surface area contributed by atoms with Gasteiger partial charge in [0.05, 0.1) is 6.42 Å². The third kappa shape index (κ3) is 5.43. The van der Waals surface area contributed by atoms with Crippen molar-refractivity contribution in [2.24, 2.45) is 0 Å². The van der Waals surface area contributed by atoms with E-state index < -0.39 is 23.8 Å². The highest BCUT2D eigenvalue weighted by Gasteiger charge is 2.37. The minimum Gasteiger partial charge on any atom is -0.483 e. The Morgan fingerprint density at radius 2 is 1.61 bits per heavy atom. The van der Waals surface area contributed by atoms with Crippen LogP contribution in [0, 0.1) is 13.8 Å². The predicted octanol–water partition coefficient (Wildman–Crippen LogP) is 3.20. The number of benzene rings is 2. The smallest absolute Gasteiger partial charge is 0.453 e. The molecule has 2 heterocycles. The number of aromatic nitrogens is 4. The summed E-state index contributed by atoms with van der Waals surface area (Å²) in [7, 11) is 0. The van der Waals surface area contributed by atoms with E-state index >= 15 is 0 Å². The molecule has 4 aromatic rings. The third-order valence-corrected chi connectivity index (χ3v) is 5.31. The summed E-state index contributed by atoms with van der Waals surface area (Å²) in [5.74, 6) is -2.24. The van der Waals surface area contributed by atoms with Crippen LogP contribution in [0.25, 0.3) is 16.9 Å². The largest absolute Gasteiger partial charge is 0.483 e. The molecule has 2 amide bonds. The number of hydrogen-bond acceptors (Lipinski definition) is 6. The van der Waals surface area contributed by atoms with Crippen LogP contribution in [0.4, 0.5) is 13.2 Å². The Morgan fingerprint density at radius 3 is 2.33 bits per heavy atom. The highest BCUT2D eigenvalue weighted by Crippen LogP contribution is 2.29. The standard InChI is InChI=1S/C24H21F3N6O3/c1-14-18(15(2)33-23(28-14)29-22(32-33)24(25,26)27)12-20(34)30-31-21(35)13-36-19-11-7-6-10-17(19)16-8-4-3-5-9-16/h3-11H,12-13H2,1-2H3,(H,30,34)(H,31,35). The summed E-state index contributed by atoms with van der Waals surface area (Å²) in [4.78, 5) is 32.1. The zero-order valence-electron chi connectivity index (χ0n) is 19.3. The zero-order chi connectivity index (χ0) is 25.9. The van der Waals surface area contributed by atoms with Crippen molar-refractivity contribution < 1.29 is 27.5 Å². The average Bonchev–Trinajstić information content (AvgIpc) is 3.29. The fraction of sp³-hybridized carbons (Fsp3) is 0.208. The topological polar surface area (TPSA) is 111 Å². The van der Waals surface area contributed by atoms with Crippen molar-refractivity contribution in [1.29, 1.82) is 0 Å². The molecule has 12 heteroatoms. The van der Waals surface area contributed by atoms with Gasteiger partial charge >= 0.3 is 6.18 Å². The summed E-state index contributed by atoms with van der Waals surface area (Å²) in [5, 5.41) is 3.45. The number of halogens is 3. The minimum atomic E-state index is -4.72. The molecule has 0 spiro atoms. The van der Waals surface area contributed by atoms with Crippen molar-refractivity contribution in [2.45, 2.75) is 26.4 Å². The molecule has 0 unspecified atom stereocenters. The van der Waals surface area contributed by atoms with Crippen LogP contribution in [0.3, 0.4) is 0 Å². The Bertz CT molecular complexity index is 1420. The number of para-hydroxylation sites is 1. The maximum absolute atomic E-state index is 12.9. The molecule has 186 valence electrons. The molecule has 0 aliphatic carbocycles. The number of fused-ring (bicyclic) bond motifs is 1. The Morgan fingerprint density at radius 1 is 0.944 bits per heavy atom. The Kier molecular flexibility index (Phi) is 6.86. The summed E-state index contributed by atoms with van der Waals surface area (Å²) in [6.45, 7) is 2.71. The van der Waals surface area contributed by atoms with Gasteiger partial charge in [0.25, 0.3) is 17.5 Å². The first-order valence-electron chi connectivity index (χ1n) is 10.8. The minimum absolute atomic E-state index is 0.220. The number of carbonyl (C=O) groups excluding carboxylic acids is 2. The van der Waals surface area contributed by atoms with E-state index in [1.807, 2.05) is 42.5 Å². The molecule has 0 aliphatic heterocycles. The molecule has 2 N–H and O–H groups in total.